The number of aliphatic hydroxyl groups excluding tert-OH is 1. The minimum Gasteiger partial charge on any atom is -0.392 e. The van der Waals surface area contributed by atoms with Crippen LogP contribution in [-0.2, 0) is 4.79 Å². The van der Waals surface area contributed by atoms with Crippen LogP contribution in [0, 0.1) is 0 Å². The Labute approximate surface area is 47.8 Å². The molecule has 0 aromatic rings. The topological polar surface area (TPSA) is 37.3 Å². The summed E-state index contributed by atoms with van der Waals surface area (Å²) in [6.45, 7) is 0. The molecular formula is C6H8O2. The van der Waals surface area contributed by atoms with Crippen LogP contribution in [0.5, 0.6) is 0 Å². The highest BCUT2D eigenvalue weighted by molar-refractivity contribution is 5.90. The van der Waals surface area contributed by atoms with Gasteiger partial charge in [0.15, 0.2) is 5.78 Å². The number of carbonyl (C=O) groups is 1. The number of carbonyl (C=O) groups excluding carboxylic acids is 1. The first-order valence-electron chi connectivity index (χ1n) is 2.66. The van der Waals surface area contributed by atoms with Gasteiger partial charge in [-0.1, -0.05) is 6.08 Å². The maximum absolute atomic E-state index is 10.4. The Balaban J connectivity index is 2.54. The number of hydrogen-bond donors (Lipinski definition) is 1. The molecule has 1 aliphatic rings. The molecule has 0 saturated heterocycles. The third-order valence-corrected chi connectivity index (χ3v) is 1.15. The van der Waals surface area contributed by atoms with Crippen LogP contribution < -0.4 is 0 Å². The van der Waals surface area contributed by atoms with Crippen molar-refractivity contribution in [2.45, 2.75) is 18.9 Å². The predicted octanol–water partition coefficient (Wildman–Crippen LogP) is 0.266. The van der Waals surface area contributed by atoms with E-state index in [1.54, 1.807) is 6.08 Å². The number of rotatable bonds is 0. The van der Waals surface area contributed by atoms with Crippen molar-refractivity contribution in [3.05, 3.63) is 12.2 Å². The molecule has 2 heteroatoms. The van der Waals surface area contributed by atoms with Crippen LogP contribution in [0.25, 0.3) is 0 Å². The van der Waals surface area contributed by atoms with E-state index < -0.39 is 6.10 Å². The van der Waals surface area contributed by atoms with Gasteiger partial charge in [0, 0.05) is 6.42 Å². The smallest absolute Gasteiger partial charge is 0.157 e. The van der Waals surface area contributed by atoms with E-state index in [-0.39, 0.29) is 5.78 Å². The minimum absolute atomic E-state index is 0.0313. The first-order valence-corrected chi connectivity index (χ1v) is 2.66. The van der Waals surface area contributed by atoms with Crippen molar-refractivity contribution in [2.75, 3.05) is 0 Å². The molecule has 0 radical (unpaired) electrons. The molecule has 0 spiro atoms. The SMILES string of the molecule is O=C1C=CC[C@@H](O)C1. The van der Waals surface area contributed by atoms with Crippen molar-refractivity contribution in [1.82, 2.24) is 0 Å². The van der Waals surface area contributed by atoms with Gasteiger partial charge in [0.2, 0.25) is 0 Å². The molecule has 0 heterocycles. The molecule has 44 valence electrons. The first kappa shape index (κ1) is 5.51. The van der Waals surface area contributed by atoms with Gasteiger partial charge in [-0.25, -0.2) is 0 Å². The Hall–Kier alpha value is -0.630. The van der Waals surface area contributed by atoms with Gasteiger partial charge < -0.3 is 5.11 Å². The second kappa shape index (κ2) is 2.09. The largest absolute Gasteiger partial charge is 0.392 e. The maximum Gasteiger partial charge on any atom is 0.157 e. The normalized spacial score (nSPS) is 28.6. The Kier molecular flexibility index (Phi) is 1.44. The second-order valence-electron chi connectivity index (χ2n) is 1.96. The summed E-state index contributed by atoms with van der Waals surface area (Å²) in [6, 6.07) is 0. The molecule has 1 aliphatic carbocycles. The molecule has 2 nitrogen and oxygen atoms in total. The monoisotopic (exact) mass is 112 g/mol. The molecule has 0 aromatic carbocycles. The molecule has 8 heavy (non-hydrogen) atoms. The van der Waals surface area contributed by atoms with Crippen molar-refractivity contribution in [2.24, 2.45) is 0 Å². The molecule has 0 bridgehead atoms. The quantitative estimate of drug-likeness (QED) is 0.488. The molecule has 0 fully saturated rings. The van der Waals surface area contributed by atoms with Crippen LogP contribution in [0.4, 0.5) is 0 Å². The summed E-state index contributed by atoms with van der Waals surface area (Å²) in [5.74, 6) is 0.0313. The Morgan fingerprint density at radius 2 is 2.50 bits per heavy atom. The highest BCUT2D eigenvalue weighted by atomic mass is 16.3. The molecular weight excluding hydrogens is 104 g/mol. The molecule has 0 amide bonds. The van der Waals surface area contributed by atoms with Gasteiger partial charge in [-0.15, -0.1) is 0 Å². The Morgan fingerprint density at radius 3 is 2.88 bits per heavy atom. The van der Waals surface area contributed by atoms with Gasteiger partial charge >= 0.3 is 0 Å². The van der Waals surface area contributed by atoms with Crippen LogP contribution >= 0.6 is 0 Å². The average molecular weight is 112 g/mol. The zero-order valence-electron chi connectivity index (χ0n) is 4.50. The van der Waals surface area contributed by atoms with E-state index in [1.807, 2.05) is 0 Å². The van der Waals surface area contributed by atoms with E-state index >= 15 is 0 Å². The number of hydrogen-bond acceptors (Lipinski definition) is 2. The number of allylic oxidation sites excluding steroid dienone is 1. The minimum atomic E-state index is -0.424. The maximum atomic E-state index is 10.4. The number of ketones is 1. The van der Waals surface area contributed by atoms with Crippen LogP contribution in [0.2, 0.25) is 0 Å². The van der Waals surface area contributed by atoms with Gasteiger partial charge in [-0.05, 0) is 12.5 Å². The fraction of sp³-hybridized carbons (Fsp3) is 0.500. The van der Waals surface area contributed by atoms with Crippen LogP contribution in [-0.4, -0.2) is 17.0 Å². The summed E-state index contributed by atoms with van der Waals surface area (Å²) in [6.07, 6.45) is 3.73. The summed E-state index contributed by atoms with van der Waals surface area (Å²) >= 11 is 0. The summed E-state index contributed by atoms with van der Waals surface area (Å²) in [4.78, 5) is 10.4. The van der Waals surface area contributed by atoms with Crippen LogP contribution in [0.1, 0.15) is 12.8 Å². The fourth-order valence-electron chi connectivity index (χ4n) is 0.740. The van der Waals surface area contributed by atoms with Gasteiger partial charge in [0.25, 0.3) is 0 Å². The van der Waals surface area contributed by atoms with E-state index in [1.165, 1.54) is 6.08 Å². The second-order valence-corrected chi connectivity index (χ2v) is 1.96. The zero-order valence-corrected chi connectivity index (χ0v) is 4.50. The average Bonchev–Trinajstić information content (AvgIpc) is 1.64. The lowest BCUT2D eigenvalue weighted by atomic mass is 10.0. The van der Waals surface area contributed by atoms with Crippen molar-refractivity contribution in [3.8, 4) is 0 Å². The molecule has 0 aliphatic heterocycles. The van der Waals surface area contributed by atoms with Gasteiger partial charge in [-0.2, -0.15) is 0 Å². The highest BCUT2D eigenvalue weighted by Gasteiger charge is 2.10. The molecule has 0 saturated carbocycles. The third-order valence-electron chi connectivity index (χ3n) is 1.15. The van der Waals surface area contributed by atoms with E-state index in [9.17, 15) is 4.79 Å². The lowest BCUT2D eigenvalue weighted by Crippen LogP contribution is -2.14. The van der Waals surface area contributed by atoms with E-state index in [4.69, 9.17) is 5.11 Å². The zero-order chi connectivity index (χ0) is 5.98. The van der Waals surface area contributed by atoms with E-state index in [2.05, 4.69) is 0 Å². The summed E-state index contributed by atoms with van der Waals surface area (Å²) < 4.78 is 0. The van der Waals surface area contributed by atoms with Crippen molar-refractivity contribution in [1.29, 1.82) is 0 Å². The highest BCUT2D eigenvalue weighted by Crippen LogP contribution is 2.05. The molecule has 1 rings (SSSR count). The molecule has 1 atom stereocenters. The summed E-state index contributed by atoms with van der Waals surface area (Å²) in [7, 11) is 0. The molecule has 0 unspecified atom stereocenters. The van der Waals surface area contributed by atoms with Gasteiger partial charge in [0.05, 0.1) is 6.10 Å². The standard InChI is InChI=1S/C6H8O2/c7-5-2-1-3-6(8)4-5/h1-2,6,8H,3-4H2/t6-/m1/s1. The summed E-state index contributed by atoms with van der Waals surface area (Å²) in [5.41, 5.74) is 0. The van der Waals surface area contributed by atoms with Crippen molar-refractivity contribution < 1.29 is 9.90 Å². The predicted molar refractivity (Wildman–Crippen MR) is 29.4 cm³/mol. The fourth-order valence-corrected chi connectivity index (χ4v) is 0.740. The summed E-state index contributed by atoms with van der Waals surface area (Å²) in [5, 5.41) is 8.81. The van der Waals surface area contributed by atoms with E-state index in [0.717, 1.165) is 0 Å². The Bertz CT molecular complexity index is 126. The lowest BCUT2D eigenvalue weighted by Gasteiger charge is -2.07. The molecule has 0 aromatic heterocycles. The van der Waals surface area contributed by atoms with Gasteiger partial charge in [0.1, 0.15) is 0 Å². The third kappa shape index (κ3) is 1.17. The van der Waals surface area contributed by atoms with Crippen LogP contribution in [0.3, 0.4) is 0 Å². The lowest BCUT2D eigenvalue weighted by molar-refractivity contribution is -0.116. The van der Waals surface area contributed by atoms with Crippen molar-refractivity contribution in [3.63, 3.8) is 0 Å². The number of aliphatic hydroxyl groups is 1. The van der Waals surface area contributed by atoms with E-state index in [0.29, 0.717) is 12.8 Å². The van der Waals surface area contributed by atoms with Crippen molar-refractivity contribution >= 4 is 5.78 Å². The Morgan fingerprint density at radius 1 is 1.75 bits per heavy atom. The van der Waals surface area contributed by atoms with Gasteiger partial charge in [-0.3, -0.25) is 4.79 Å². The van der Waals surface area contributed by atoms with Crippen LogP contribution in [0.15, 0.2) is 12.2 Å². The first-order chi connectivity index (χ1) is 3.79. The molecule has 1 N–H and O–H groups in total.